The predicted octanol–water partition coefficient (Wildman–Crippen LogP) is 1.46. The Balaban J connectivity index is 4.19. The zero-order chi connectivity index (χ0) is 7.65. The lowest BCUT2D eigenvalue weighted by Crippen LogP contribution is -2.35. The van der Waals surface area contributed by atoms with Crippen molar-refractivity contribution >= 4 is 5.97 Å². The summed E-state index contributed by atoms with van der Waals surface area (Å²) >= 11 is 0. The Morgan fingerprint density at radius 3 is 2.00 bits per heavy atom. The first-order valence-electron chi connectivity index (χ1n) is 2.81. The van der Waals surface area contributed by atoms with E-state index in [0.29, 0.717) is 0 Å². The second kappa shape index (κ2) is 2.33. The SMILES string of the molecule is CC(C)C(C)(F)C(=O)O. The monoisotopic (exact) mass is 134 g/mol. The van der Waals surface area contributed by atoms with Crippen LogP contribution < -0.4 is 0 Å². The van der Waals surface area contributed by atoms with Gasteiger partial charge in [0.25, 0.3) is 0 Å². The molecule has 1 unspecified atom stereocenters. The summed E-state index contributed by atoms with van der Waals surface area (Å²) in [4.78, 5) is 10.1. The first-order valence-corrected chi connectivity index (χ1v) is 2.81. The molecule has 0 aromatic rings. The molecule has 0 saturated heterocycles. The van der Waals surface area contributed by atoms with Crippen molar-refractivity contribution in [1.29, 1.82) is 0 Å². The summed E-state index contributed by atoms with van der Waals surface area (Å²) < 4.78 is 12.7. The maximum absolute atomic E-state index is 12.7. The molecule has 0 aliphatic rings. The van der Waals surface area contributed by atoms with Crippen LogP contribution in [0.3, 0.4) is 0 Å². The van der Waals surface area contributed by atoms with Crippen LogP contribution >= 0.6 is 0 Å². The average Bonchev–Trinajstić information content (AvgIpc) is 1.65. The molecule has 0 aliphatic carbocycles. The van der Waals surface area contributed by atoms with Crippen LogP contribution in [0.1, 0.15) is 20.8 Å². The van der Waals surface area contributed by atoms with E-state index in [1.165, 1.54) is 13.8 Å². The lowest BCUT2D eigenvalue weighted by molar-refractivity contribution is -0.152. The van der Waals surface area contributed by atoms with Gasteiger partial charge in [0.2, 0.25) is 5.67 Å². The molecule has 2 nitrogen and oxygen atoms in total. The molecule has 1 N–H and O–H groups in total. The summed E-state index contributed by atoms with van der Waals surface area (Å²) in [6.45, 7) is 4.14. The van der Waals surface area contributed by atoms with E-state index in [-0.39, 0.29) is 0 Å². The van der Waals surface area contributed by atoms with Gasteiger partial charge in [0.05, 0.1) is 0 Å². The van der Waals surface area contributed by atoms with Gasteiger partial charge in [0, 0.05) is 0 Å². The van der Waals surface area contributed by atoms with E-state index in [2.05, 4.69) is 0 Å². The van der Waals surface area contributed by atoms with Gasteiger partial charge in [0.15, 0.2) is 0 Å². The van der Waals surface area contributed by atoms with Gasteiger partial charge >= 0.3 is 5.97 Å². The molecule has 9 heavy (non-hydrogen) atoms. The number of hydrogen-bond acceptors (Lipinski definition) is 1. The van der Waals surface area contributed by atoms with Gasteiger partial charge in [-0.25, -0.2) is 9.18 Å². The number of carboxylic acids is 1. The van der Waals surface area contributed by atoms with Gasteiger partial charge in [0.1, 0.15) is 0 Å². The molecule has 3 heteroatoms. The van der Waals surface area contributed by atoms with E-state index in [4.69, 9.17) is 5.11 Å². The highest BCUT2D eigenvalue weighted by atomic mass is 19.1. The minimum absolute atomic E-state index is 0.477. The summed E-state index contributed by atoms with van der Waals surface area (Å²) in [6, 6.07) is 0. The van der Waals surface area contributed by atoms with Crippen LogP contribution in [0.15, 0.2) is 0 Å². The first kappa shape index (κ1) is 8.40. The molecule has 0 bridgehead atoms. The molecule has 0 amide bonds. The second-order valence-corrected chi connectivity index (χ2v) is 2.54. The summed E-state index contributed by atoms with van der Waals surface area (Å²) in [7, 11) is 0. The minimum Gasteiger partial charge on any atom is -0.479 e. The fraction of sp³-hybridized carbons (Fsp3) is 0.833. The summed E-state index contributed by atoms with van der Waals surface area (Å²) in [5.41, 5.74) is -2.08. The lowest BCUT2D eigenvalue weighted by atomic mass is 9.95. The number of carboxylic acid groups (broad SMARTS) is 1. The fourth-order valence-electron chi connectivity index (χ4n) is 0.247. The summed E-state index contributed by atoms with van der Waals surface area (Å²) in [6.07, 6.45) is 0. The largest absolute Gasteiger partial charge is 0.479 e. The van der Waals surface area contributed by atoms with Crippen LogP contribution in [0, 0.1) is 5.92 Å². The number of rotatable bonds is 2. The van der Waals surface area contributed by atoms with E-state index >= 15 is 0 Å². The summed E-state index contributed by atoms with van der Waals surface area (Å²) in [5.74, 6) is -1.87. The highest BCUT2D eigenvalue weighted by molar-refractivity contribution is 5.76. The molecule has 1 atom stereocenters. The van der Waals surface area contributed by atoms with Gasteiger partial charge in [-0.1, -0.05) is 13.8 Å². The molecule has 54 valence electrons. The standard InChI is InChI=1S/C6H11FO2/c1-4(2)6(3,7)5(8)9/h4H,1-3H3,(H,8,9). The van der Waals surface area contributed by atoms with Crippen LogP contribution in [0.25, 0.3) is 0 Å². The molecule has 0 saturated carbocycles. The molecule has 0 radical (unpaired) electrons. The molecule has 0 rings (SSSR count). The van der Waals surface area contributed by atoms with Crippen molar-refractivity contribution in [2.45, 2.75) is 26.4 Å². The van der Waals surface area contributed by atoms with Crippen molar-refractivity contribution in [3.63, 3.8) is 0 Å². The highest BCUT2D eigenvalue weighted by Gasteiger charge is 2.36. The van der Waals surface area contributed by atoms with E-state index < -0.39 is 17.6 Å². The van der Waals surface area contributed by atoms with Crippen LogP contribution in [-0.2, 0) is 4.79 Å². The average molecular weight is 134 g/mol. The Bertz CT molecular complexity index is 118. The number of hydrogen-bond donors (Lipinski definition) is 1. The number of aliphatic carboxylic acids is 1. The van der Waals surface area contributed by atoms with Crippen molar-refractivity contribution in [3.8, 4) is 0 Å². The third-order valence-electron chi connectivity index (χ3n) is 1.50. The maximum atomic E-state index is 12.7. The van der Waals surface area contributed by atoms with E-state index in [9.17, 15) is 9.18 Å². The van der Waals surface area contributed by atoms with Gasteiger partial charge in [-0.15, -0.1) is 0 Å². The van der Waals surface area contributed by atoms with E-state index in [1.807, 2.05) is 0 Å². The Morgan fingerprint density at radius 2 is 2.00 bits per heavy atom. The third-order valence-corrected chi connectivity index (χ3v) is 1.50. The lowest BCUT2D eigenvalue weighted by Gasteiger charge is -2.18. The van der Waals surface area contributed by atoms with Gasteiger partial charge in [-0.3, -0.25) is 0 Å². The Hall–Kier alpha value is -0.600. The number of halogens is 1. The molecular weight excluding hydrogens is 123 g/mol. The van der Waals surface area contributed by atoms with Gasteiger partial charge in [-0.2, -0.15) is 0 Å². The molecule has 0 aromatic carbocycles. The Labute approximate surface area is 53.7 Å². The van der Waals surface area contributed by atoms with Crippen LogP contribution in [-0.4, -0.2) is 16.7 Å². The Kier molecular flexibility index (Phi) is 2.18. The quantitative estimate of drug-likeness (QED) is 0.620. The molecule has 0 heterocycles. The third kappa shape index (κ3) is 1.66. The van der Waals surface area contributed by atoms with Crippen LogP contribution in [0.2, 0.25) is 0 Å². The smallest absolute Gasteiger partial charge is 0.341 e. The van der Waals surface area contributed by atoms with Crippen molar-refractivity contribution in [2.24, 2.45) is 5.92 Å². The van der Waals surface area contributed by atoms with Crippen molar-refractivity contribution < 1.29 is 14.3 Å². The topological polar surface area (TPSA) is 37.3 Å². The highest BCUT2D eigenvalue weighted by Crippen LogP contribution is 2.20. The first-order chi connectivity index (χ1) is 3.89. The van der Waals surface area contributed by atoms with Gasteiger partial charge in [-0.05, 0) is 12.8 Å². The molecule has 0 aliphatic heterocycles. The fourth-order valence-corrected chi connectivity index (χ4v) is 0.247. The molecule has 0 spiro atoms. The zero-order valence-corrected chi connectivity index (χ0v) is 5.81. The van der Waals surface area contributed by atoms with Crippen molar-refractivity contribution in [3.05, 3.63) is 0 Å². The number of carbonyl (C=O) groups is 1. The predicted molar refractivity (Wildman–Crippen MR) is 32.0 cm³/mol. The van der Waals surface area contributed by atoms with Gasteiger partial charge < -0.3 is 5.11 Å². The Morgan fingerprint density at radius 1 is 1.67 bits per heavy atom. The molecule has 0 aromatic heterocycles. The van der Waals surface area contributed by atoms with E-state index in [1.54, 1.807) is 0 Å². The minimum atomic E-state index is -2.08. The van der Waals surface area contributed by atoms with Crippen LogP contribution in [0.5, 0.6) is 0 Å². The number of alkyl halides is 1. The summed E-state index contributed by atoms with van der Waals surface area (Å²) in [5, 5.41) is 8.24. The van der Waals surface area contributed by atoms with Crippen molar-refractivity contribution in [1.82, 2.24) is 0 Å². The van der Waals surface area contributed by atoms with Crippen molar-refractivity contribution in [2.75, 3.05) is 0 Å². The molecular formula is C6H11FO2. The zero-order valence-electron chi connectivity index (χ0n) is 5.81. The normalized spacial score (nSPS) is 17.4. The van der Waals surface area contributed by atoms with E-state index in [0.717, 1.165) is 6.92 Å². The maximum Gasteiger partial charge on any atom is 0.341 e. The second-order valence-electron chi connectivity index (χ2n) is 2.54. The van der Waals surface area contributed by atoms with Crippen LogP contribution in [0.4, 0.5) is 4.39 Å². The molecule has 0 fully saturated rings.